The molecule has 0 radical (unpaired) electrons. The summed E-state index contributed by atoms with van der Waals surface area (Å²) in [4.78, 5) is 17.7. The van der Waals surface area contributed by atoms with Crippen molar-refractivity contribution in [2.75, 3.05) is 0 Å². The molecule has 0 saturated heterocycles. The minimum absolute atomic E-state index is 0.238. The summed E-state index contributed by atoms with van der Waals surface area (Å²) in [6, 6.07) is 22.4. The first-order chi connectivity index (χ1) is 13.6. The lowest BCUT2D eigenvalue weighted by molar-refractivity contribution is -0.118. The number of Topliss-reactive ketones (excluding diaryl/α,β-unsaturated/α-hetero) is 1. The smallest absolute Gasteiger partial charge is 0.139 e. The SMILES string of the molecule is Cc1cccc(C)c1-c1nc2ccccn2c1CC(=O)CCc1ccccc1. The van der Waals surface area contributed by atoms with E-state index in [0.29, 0.717) is 12.8 Å². The molecule has 140 valence electrons. The van der Waals surface area contributed by atoms with Gasteiger partial charge in [-0.25, -0.2) is 4.98 Å². The number of hydrogen-bond donors (Lipinski definition) is 0. The lowest BCUT2D eigenvalue weighted by Crippen LogP contribution is -2.08. The summed E-state index contributed by atoms with van der Waals surface area (Å²) >= 11 is 0. The van der Waals surface area contributed by atoms with Gasteiger partial charge >= 0.3 is 0 Å². The van der Waals surface area contributed by atoms with Crippen molar-refractivity contribution in [1.29, 1.82) is 0 Å². The first-order valence-electron chi connectivity index (χ1n) is 9.71. The van der Waals surface area contributed by atoms with Gasteiger partial charge in [-0.2, -0.15) is 0 Å². The number of carbonyl (C=O) groups is 1. The second-order valence-corrected chi connectivity index (χ2v) is 7.30. The minimum Gasteiger partial charge on any atom is -0.303 e. The van der Waals surface area contributed by atoms with Crippen LogP contribution in [0, 0.1) is 13.8 Å². The Bertz CT molecular complexity index is 1110. The topological polar surface area (TPSA) is 34.4 Å². The van der Waals surface area contributed by atoms with E-state index >= 15 is 0 Å². The standard InChI is InChI=1S/C25H24N2O/c1-18-9-8-10-19(2)24(18)25-22(27-16-7-6-13-23(27)26-25)17-21(28)15-14-20-11-4-3-5-12-20/h3-13,16H,14-15,17H2,1-2H3. The van der Waals surface area contributed by atoms with Gasteiger partial charge in [0.1, 0.15) is 11.4 Å². The summed E-state index contributed by atoms with van der Waals surface area (Å²) in [5, 5.41) is 0. The molecule has 0 saturated carbocycles. The first-order valence-corrected chi connectivity index (χ1v) is 9.71. The molecule has 0 unspecified atom stereocenters. The van der Waals surface area contributed by atoms with E-state index in [0.717, 1.165) is 29.0 Å². The maximum Gasteiger partial charge on any atom is 0.139 e. The van der Waals surface area contributed by atoms with Gasteiger partial charge in [0, 0.05) is 24.6 Å². The highest BCUT2D eigenvalue weighted by Gasteiger charge is 2.19. The zero-order valence-electron chi connectivity index (χ0n) is 16.4. The van der Waals surface area contributed by atoms with Crippen molar-refractivity contribution >= 4 is 11.4 Å². The molecule has 0 amide bonds. The number of benzene rings is 2. The molecule has 0 atom stereocenters. The molecule has 0 aliphatic carbocycles. The molecule has 2 aromatic heterocycles. The van der Waals surface area contributed by atoms with Gasteiger partial charge in [0.25, 0.3) is 0 Å². The predicted molar refractivity (Wildman–Crippen MR) is 114 cm³/mol. The Kier molecular flexibility index (Phi) is 5.07. The van der Waals surface area contributed by atoms with Crippen molar-refractivity contribution < 1.29 is 4.79 Å². The average Bonchev–Trinajstić information content (AvgIpc) is 3.05. The van der Waals surface area contributed by atoms with Gasteiger partial charge in [0.15, 0.2) is 0 Å². The Morgan fingerprint density at radius 2 is 1.61 bits per heavy atom. The van der Waals surface area contributed by atoms with E-state index in [4.69, 9.17) is 4.98 Å². The number of aryl methyl sites for hydroxylation is 3. The van der Waals surface area contributed by atoms with E-state index in [-0.39, 0.29) is 5.78 Å². The summed E-state index contributed by atoms with van der Waals surface area (Å²) in [5.41, 5.74) is 7.48. The molecule has 3 nitrogen and oxygen atoms in total. The number of aromatic nitrogens is 2. The highest BCUT2D eigenvalue weighted by molar-refractivity contribution is 5.84. The molecule has 0 aliphatic heterocycles. The van der Waals surface area contributed by atoms with Crippen molar-refractivity contribution in [3.05, 3.63) is 95.3 Å². The van der Waals surface area contributed by atoms with Crippen LogP contribution in [0.5, 0.6) is 0 Å². The van der Waals surface area contributed by atoms with Crippen LogP contribution in [0.15, 0.2) is 72.9 Å². The summed E-state index contributed by atoms with van der Waals surface area (Å²) in [5.74, 6) is 0.238. The first kappa shape index (κ1) is 18.2. The number of rotatable bonds is 6. The van der Waals surface area contributed by atoms with E-state index in [2.05, 4.69) is 48.6 Å². The van der Waals surface area contributed by atoms with Crippen molar-refractivity contribution in [3.63, 3.8) is 0 Å². The van der Waals surface area contributed by atoms with Crippen LogP contribution in [-0.4, -0.2) is 15.2 Å². The van der Waals surface area contributed by atoms with Gasteiger partial charge < -0.3 is 4.40 Å². The van der Waals surface area contributed by atoms with Gasteiger partial charge in [-0.05, 0) is 49.1 Å². The van der Waals surface area contributed by atoms with Crippen molar-refractivity contribution in [2.45, 2.75) is 33.1 Å². The quantitative estimate of drug-likeness (QED) is 0.459. The van der Waals surface area contributed by atoms with Crippen LogP contribution < -0.4 is 0 Å². The molecular formula is C25H24N2O. The third kappa shape index (κ3) is 3.61. The largest absolute Gasteiger partial charge is 0.303 e. The normalized spacial score (nSPS) is 11.1. The average molecular weight is 368 g/mol. The van der Waals surface area contributed by atoms with Crippen LogP contribution in [-0.2, 0) is 17.6 Å². The maximum absolute atomic E-state index is 12.8. The van der Waals surface area contributed by atoms with Gasteiger partial charge in [0.05, 0.1) is 11.4 Å². The Morgan fingerprint density at radius 3 is 2.36 bits per heavy atom. The van der Waals surface area contributed by atoms with Crippen LogP contribution >= 0.6 is 0 Å². The molecule has 3 heteroatoms. The van der Waals surface area contributed by atoms with Gasteiger partial charge in [-0.15, -0.1) is 0 Å². The van der Waals surface area contributed by atoms with Crippen molar-refractivity contribution in [1.82, 2.24) is 9.38 Å². The third-order valence-electron chi connectivity index (χ3n) is 5.25. The molecule has 0 N–H and O–H groups in total. The molecule has 0 bridgehead atoms. The zero-order chi connectivity index (χ0) is 19.5. The number of ketones is 1. The molecule has 0 spiro atoms. The van der Waals surface area contributed by atoms with E-state index in [9.17, 15) is 4.79 Å². The fourth-order valence-electron chi connectivity index (χ4n) is 3.81. The van der Waals surface area contributed by atoms with Gasteiger partial charge in [0.2, 0.25) is 0 Å². The van der Waals surface area contributed by atoms with Gasteiger partial charge in [-0.3, -0.25) is 4.79 Å². The lowest BCUT2D eigenvalue weighted by Gasteiger charge is -2.10. The van der Waals surface area contributed by atoms with Crippen LogP contribution in [0.3, 0.4) is 0 Å². The molecule has 0 aliphatic rings. The van der Waals surface area contributed by atoms with Crippen LogP contribution in [0.25, 0.3) is 16.9 Å². The lowest BCUT2D eigenvalue weighted by atomic mass is 9.96. The number of nitrogens with zero attached hydrogens (tertiary/aromatic N) is 2. The Balaban J connectivity index is 1.69. The highest BCUT2D eigenvalue weighted by atomic mass is 16.1. The summed E-state index contributed by atoms with van der Waals surface area (Å²) in [6.45, 7) is 4.21. The summed E-state index contributed by atoms with van der Waals surface area (Å²) in [7, 11) is 0. The third-order valence-corrected chi connectivity index (χ3v) is 5.25. The molecule has 4 aromatic rings. The number of fused-ring (bicyclic) bond motifs is 1. The second-order valence-electron chi connectivity index (χ2n) is 7.30. The number of carbonyl (C=O) groups excluding carboxylic acids is 1. The highest BCUT2D eigenvalue weighted by Crippen LogP contribution is 2.30. The molecule has 28 heavy (non-hydrogen) atoms. The van der Waals surface area contributed by atoms with E-state index in [1.54, 1.807) is 0 Å². The van der Waals surface area contributed by atoms with E-state index < -0.39 is 0 Å². The second kappa shape index (κ2) is 7.81. The molecule has 2 heterocycles. The Labute approximate surface area is 165 Å². The van der Waals surface area contributed by atoms with Gasteiger partial charge in [-0.1, -0.05) is 54.6 Å². The molecular weight excluding hydrogens is 344 g/mol. The summed E-state index contributed by atoms with van der Waals surface area (Å²) < 4.78 is 2.06. The maximum atomic E-state index is 12.8. The molecule has 0 fully saturated rings. The van der Waals surface area contributed by atoms with E-state index in [1.165, 1.54) is 16.7 Å². The van der Waals surface area contributed by atoms with Crippen molar-refractivity contribution in [3.8, 4) is 11.3 Å². The number of imidazole rings is 1. The van der Waals surface area contributed by atoms with E-state index in [1.807, 2.05) is 42.6 Å². The Hall–Kier alpha value is -3.20. The van der Waals surface area contributed by atoms with Crippen LogP contribution in [0.4, 0.5) is 0 Å². The van der Waals surface area contributed by atoms with Crippen LogP contribution in [0.1, 0.15) is 28.8 Å². The number of hydrogen-bond acceptors (Lipinski definition) is 2. The predicted octanol–water partition coefficient (Wildman–Crippen LogP) is 5.36. The molecule has 2 aromatic carbocycles. The number of pyridine rings is 1. The van der Waals surface area contributed by atoms with Crippen LogP contribution in [0.2, 0.25) is 0 Å². The minimum atomic E-state index is 0.238. The molecule has 4 rings (SSSR count). The monoisotopic (exact) mass is 368 g/mol. The van der Waals surface area contributed by atoms with Crippen molar-refractivity contribution in [2.24, 2.45) is 0 Å². The Morgan fingerprint density at radius 1 is 0.893 bits per heavy atom. The fourth-order valence-corrected chi connectivity index (χ4v) is 3.81. The fraction of sp³-hybridized carbons (Fsp3) is 0.200. The summed E-state index contributed by atoms with van der Waals surface area (Å²) in [6.07, 6.45) is 3.70. The zero-order valence-corrected chi connectivity index (χ0v) is 16.4.